The number of hydrogen-bond donors (Lipinski definition) is 3. The first-order valence-electron chi connectivity index (χ1n) is 10.8. The fourth-order valence-electron chi connectivity index (χ4n) is 3.77. The number of nitrogens with one attached hydrogen (secondary N) is 3. The summed E-state index contributed by atoms with van der Waals surface area (Å²) in [4.78, 5) is 42.5. The molecule has 0 atom stereocenters. The maximum absolute atomic E-state index is 12.3. The number of aryl methyl sites for hydroxylation is 2. The quantitative estimate of drug-likeness (QED) is 0.282. The lowest BCUT2D eigenvalue weighted by Crippen LogP contribution is -2.41. The van der Waals surface area contributed by atoms with Crippen molar-refractivity contribution in [2.45, 2.75) is 26.2 Å². The molecule has 4 rings (SSSR count). The molecule has 0 unspecified atom stereocenters. The van der Waals surface area contributed by atoms with Gasteiger partial charge in [-0.05, 0) is 61.7 Å². The molecule has 0 aliphatic rings. The van der Waals surface area contributed by atoms with Gasteiger partial charge in [-0.2, -0.15) is 0 Å². The standard InChI is InChI=1S/C25H23N5O4/c1-16-8-13-21-20(15-16)19(24(27-21)22-6-2-3-14-26-22)5-4-7-23(31)28-29-25(32)17-9-11-18(12-10-17)30(33)34/h2-3,6,8-15,27H,4-5,7H2,1H3,(H,28,31)(H,29,32). The van der Waals surface area contributed by atoms with E-state index in [2.05, 4.69) is 26.9 Å². The second kappa shape index (κ2) is 9.95. The van der Waals surface area contributed by atoms with Crippen LogP contribution in [0.25, 0.3) is 22.3 Å². The summed E-state index contributed by atoms with van der Waals surface area (Å²) in [7, 11) is 0. The molecule has 0 saturated heterocycles. The number of nitro groups is 1. The molecule has 0 bridgehead atoms. The van der Waals surface area contributed by atoms with E-state index in [-0.39, 0.29) is 23.6 Å². The van der Waals surface area contributed by atoms with Crippen molar-refractivity contribution in [1.29, 1.82) is 0 Å². The van der Waals surface area contributed by atoms with Crippen LogP contribution in [0.3, 0.4) is 0 Å². The Balaban J connectivity index is 1.38. The Hall–Kier alpha value is -4.53. The van der Waals surface area contributed by atoms with Crippen molar-refractivity contribution in [3.8, 4) is 11.4 Å². The molecule has 2 aromatic carbocycles. The van der Waals surface area contributed by atoms with E-state index in [1.807, 2.05) is 37.3 Å². The number of hydrazine groups is 1. The van der Waals surface area contributed by atoms with E-state index >= 15 is 0 Å². The van der Waals surface area contributed by atoms with Gasteiger partial charge >= 0.3 is 0 Å². The highest BCUT2D eigenvalue weighted by Crippen LogP contribution is 2.31. The van der Waals surface area contributed by atoms with Crippen molar-refractivity contribution in [2.75, 3.05) is 0 Å². The van der Waals surface area contributed by atoms with Gasteiger partial charge in [0, 0.05) is 41.2 Å². The van der Waals surface area contributed by atoms with Gasteiger partial charge in [0.15, 0.2) is 0 Å². The zero-order chi connectivity index (χ0) is 24.1. The van der Waals surface area contributed by atoms with Gasteiger partial charge in [0.25, 0.3) is 11.6 Å². The molecule has 2 aromatic heterocycles. The molecule has 0 spiro atoms. The number of nitrogens with zero attached hydrogens (tertiary/aromatic N) is 2. The van der Waals surface area contributed by atoms with Gasteiger partial charge < -0.3 is 4.98 Å². The number of carbonyl (C=O) groups is 2. The molecule has 0 fully saturated rings. The molecular weight excluding hydrogens is 434 g/mol. The summed E-state index contributed by atoms with van der Waals surface area (Å²) < 4.78 is 0. The first-order valence-corrected chi connectivity index (χ1v) is 10.8. The average Bonchev–Trinajstić information content (AvgIpc) is 3.20. The van der Waals surface area contributed by atoms with Crippen molar-refractivity contribution in [3.05, 3.63) is 93.7 Å². The maximum atomic E-state index is 12.3. The van der Waals surface area contributed by atoms with Crippen LogP contribution in [0.15, 0.2) is 66.9 Å². The van der Waals surface area contributed by atoms with Crippen molar-refractivity contribution in [2.24, 2.45) is 0 Å². The normalized spacial score (nSPS) is 10.7. The molecule has 9 nitrogen and oxygen atoms in total. The van der Waals surface area contributed by atoms with Crippen LogP contribution in [0.2, 0.25) is 0 Å². The van der Waals surface area contributed by atoms with E-state index in [1.54, 1.807) is 6.20 Å². The van der Waals surface area contributed by atoms with Crippen molar-refractivity contribution < 1.29 is 14.5 Å². The van der Waals surface area contributed by atoms with E-state index in [1.165, 1.54) is 24.3 Å². The summed E-state index contributed by atoms with van der Waals surface area (Å²) in [6.45, 7) is 2.04. The third-order valence-corrected chi connectivity index (χ3v) is 5.47. The van der Waals surface area contributed by atoms with Crippen LogP contribution >= 0.6 is 0 Å². The molecule has 0 aliphatic heterocycles. The summed E-state index contributed by atoms with van der Waals surface area (Å²) in [5, 5.41) is 11.8. The van der Waals surface area contributed by atoms with Crippen LogP contribution in [-0.2, 0) is 11.2 Å². The third kappa shape index (κ3) is 5.09. The van der Waals surface area contributed by atoms with Crippen LogP contribution in [0, 0.1) is 17.0 Å². The Morgan fingerprint density at radius 1 is 1.06 bits per heavy atom. The van der Waals surface area contributed by atoms with E-state index < -0.39 is 10.8 Å². The van der Waals surface area contributed by atoms with Gasteiger partial charge in [-0.1, -0.05) is 17.7 Å². The minimum Gasteiger partial charge on any atom is -0.353 e. The van der Waals surface area contributed by atoms with Gasteiger partial charge in [-0.25, -0.2) is 0 Å². The fourth-order valence-corrected chi connectivity index (χ4v) is 3.77. The molecule has 172 valence electrons. The van der Waals surface area contributed by atoms with Gasteiger partial charge in [0.2, 0.25) is 5.91 Å². The SMILES string of the molecule is Cc1ccc2[nH]c(-c3ccccn3)c(CCCC(=O)NNC(=O)c3ccc([N+](=O)[O-])cc3)c2c1. The van der Waals surface area contributed by atoms with Gasteiger partial charge in [-0.15, -0.1) is 0 Å². The summed E-state index contributed by atoms with van der Waals surface area (Å²) >= 11 is 0. The Kier molecular flexibility index (Phi) is 6.63. The molecule has 34 heavy (non-hydrogen) atoms. The zero-order valence-corrected chi connectivity index (χ0v) is 18.5. The minimum absolute atomic E-state index is 0.113. The summed E-state index contributed by atoms with van der Waals surface area (Å²) in [6, 6.07) is 17.1. The Morgan fingerprint density at radius 2 is 1.85 bits per heavy atom. The highest BCUT2D eigenvalue weighted by Gasteiger charge is 2.15. The lowest BCUT2D eigenvalue weighted by atomic mass is 10.0. The predicted octanol–water partition coefficient (Wildman–Crippen LogP) is 4.23. The number of rotatable bonds is 7. The highest BCUT2D eigenvalue weighted by atomic mass is 16.6. The van der Waals surface area contributed by atoms with E-state index in [0.29, 0.717) is 12.8 Å². The lowest BCUT2D eigenvalue weighted by molar-refractivity contribution is -0.384. The second-order valence-electron chi connectivity index (χ2n) is 7.90. The van der Waals surface area contributed by atoms with Crippen LogP contribution in [0.4, 0.5) is 5.69 Å². The Labute approximate surface area is 195 Å². The number of benzene rings is 2. The first-order chi connectivity index (χ1) is 16.4. The number of nitro benzene ring substituents is 1. The average molecular weight is 457 g/mol. The van der Waals surface area contributed by atoms with E-state index in [4.69, 9.17) is 0 Å². The van der Waals surface area contributed by atoms with Crippen LogP contribution in [0.1, 0.15) is 34.3 Å². The number of aromatic nitrogens is 2. The molecule has 0 radical (unpaired) electrons. The van der Waals surface area contributed by atoms with Crippen molar-refractivity contribution in [3.63, 3.8) is 0 Å². The molecule has 4 aromatic rings. The van der Waals surface area contributed by atoms with Crippen LogP contribution in [0.5, 0.6) is 0 Å². The Bertz CT molecular complexity index is 1350. The number of pyridine rings is 1. The lowest BCUT2D eigenvalue weighted by Gasteiger charge is -2.08. The second-order valence-corrected chi connectivity index (χ2v) is 7.90. The maximum Gasteiger partial charge on any atom is 0.269 e. The topological polar surface area (TPSA) is 130 Å². The molecule has 0 saturated carbocycles. The molecule has 0 aliphatic carbocycles. The summed E-state index contributed by atoms with van der Waals surface area (Å²) in [5.74, 6) is -0.876. The third-order valence-electron chi connectivity index (χ3n) is 5.47. The van der Waals surface area contributed by atoms with Gasteiger partial charge in [0.1, 0.15) is 0 Å². The smallest absolute Gasteiger partial charge is 0.269 e. The highest BCUT2D eigenvalue weighted by molar-refractivity contribution is 5.95. The van der Waals surface area contributed by atoms with Crippen LogP contribution < -0.4 is 10.9 Å². The molecule has 2 heterocycles. The number of amides is 2. The van der Waals surface area contributed by atoms with Crippen molar-refractivity contribution in [1.82, 2.24) is 20.8 Å². The number of hydrogen-bond acceptors (Lipinski definition) is 5. The van der Waals surface area contributed by atoms with Gasteiger partial charge in [0.05, 0.1) is 16.3 Å². The fraction of sp³-hybridized carbons (Fsp3) is 0.160. The molecule has 3 N–H and O–H groups in total. The number of aromatic amines is 1. The predicted molar refractivity (Wildman–Crippen MR) is 128 cm³/mol. The number of carbonyl (C=O) groups excluding carboxylic acids is 2. The number of non-ortho nitro benzene ring substituents is 1. The van der Waals surface area contributed by atoms with Crippen molar-refractivity contribution >= 4 is 28.4 Å². The number of fused-ring (bicyclic) bond motifs is 1. The van der Waals surface area contributed by atoms with E-state index in [9.17, 15) is 19.7 Å². The molecule has 9 heteroatoms. The van der Waals surface area contributed by atoms with E-state index in [0.717, 1.165) is 33.4 Å². The first kappa shape index (κ1) is 22.7. The number of H-pyrrole nitrogens is 1. The largest absolute Gasteiger partial charge is 0.353 e. The monoisotopic (exact) mass is 457 g/mol. The zero-order valence-electron chi connectivity index (χ0n) is 18.5. The Morgan fingerprint density at radius 3 is 2.56 bits per heavy atom. The van der Waals surface area contributed by atoms with Gasteiger partial charge in [-0.3, -0.25) is 35.5 Å². The summed E-state index contributed by atoms with van der Waals surface area (Å²) in [6.07, 6.45) is 3.18. The molecular formula is C25H23N5O4. The molecule has 2 amide bonds. The van der Waals surface area contributed by atoms with Crippen LogP contribution in [-0.4, -0.2) is 26.7 Å². The summed E-state index contributed by atoms with van der Waals surface area (Å²) in [5.41, 5.74) is 9.87. The minimum atomic E-state index is -0.548.